The second-order valence-electron chi connectivity index (χ2n) is 3.88. The maximum absolute atomic E-state index is 9.53. The largest absolute Gasteiger partial charge is 0.493 e. The van der Waals surface area contributed by atoms with Crippen molar-refractivity contribution in [3.05, 3.63) is 42.0 Å². The van der Waals surface area contributed by atoms with Crippen molar-refractivity contribution in [2.45, 2.75) is 25.9 Å². The summed E-state index contributed by atoms with van der Waals surface area (Å²) in [5.74, 6) is 1.63. The fraction of sp³-hybridized carbons (Fsp3) is 0.385. The summed E-state index contributed by atoms with van der Waals surface area (Å²) in [6, 6.07) is 9.54. The van der Waals surface area contributed by atoms with E-state index in [1.807, 2.05) is 37.3 Å². The Morgan fingerprint density at radius 1 is 1.33 bits per heavy atom. The summed E-state index contributed by atoms with van der Waals surface area (Å²) in [6.07, 6.45) is 0.440. The maximum atomic E-state index is 9.53. The molecule has 0 aliphatic carbocycles. The van der Waals surface area contributed by atoms with Crippen molar-refractivity contribution in [1.82, 2.24) is 10.1 Å². The van der Waals surface area contributed by atoms with Gasteiger partial charge in [-0.05, 0) is 18.6 Å². The van der Waals surface area contributed by atoms with Gasteiger partial charge in [0, 0.05) is 0 Å². The summed E-state index contributed by atoms with van der Waals surface area (Å²) >= 11 is 0. The molecule has 2 aromatic rings. The molecule has 0 aliphatic rings. The van der Waals surface area contributed by atoms with E-state index in [0.29, 0.717) is 31.2 Å². The van der Waals surface area contributed by atoms with E-state index in [1.54, 1.807) is 0 Å². The Bertz CT molecular complexity index is 470. The number of para-hydroxylation sites is 1. The van der Waals surface area contributed by atoms with Crippen molar-refractivity contribution in [3.8, 4) is 5.75 Å². The molecule has 1 heterocycles. The monoisotopic (exact) mass is 248 g/mol. The molecule has 0 spiro atoms. The van der Waals surface area contributed by atoms with Crippen LogP contribution in [0.5, 0.6) is 5.75 Å². The average Bonchev–Trinajstić information content (AvgIpc) is 2.88. The Balaban J connectivity index is 1.82. The van der Waals surface area contributed by atoms with E-state index in [1.165, 1.54) is 0 Å². The van der Waals surface area contributed by atoms with Gasteiger partial charge in [-0.25, -0.2) is 0 Å². The third kappa shape index (κ3) is 3.30. The Morgan fingerprint density at radius 2 is 2.11 bits per heavy atom. The van der Waals surface area contributed by atoms with E-state index in [-0.39, 0.29) is 0 Å². The Morgan fingerprint density at radius 3 is 2.83 bits per heavy atom. The van der Waals surface area contributed by atoms with Gasteiger partial charge in [-0.3, -0.25) is 0 Å². The molecule has 0 radical (unpaired) electrons. The predicted molar refractivity (Wildman–Crippen MR) is 65.2 cm³/mol. The van der Waals surface area contributed by atoms with Gasteiger partial charge in [0.2, 0.25) is 5.89 Å². The van der Waals surface area contributed by atoms with Crippen LogP contribution in [-0.4, -0.2) is 21.9 Å². The van der Waals surface area contributed by atoms with Crippen molar-refractivity contribution in [1.29, 1.82) is 0 Å². The zero-order valence-electron chi connectivity index (χ0n) is 10.2. The molecule has 1 unspecified atom stereocenters. The van der Waals surface area contributed by atoms with Crippen LogP contribution >= 0.6 is 0 Å². The molecular formula is C13H16N2O3. The molecule has 0 aliphatic heterocycles. The van der Waals surface area contributed by atoms with Crippen molar-refractivity contribution < 1.29 is 14.4 Å². The van der Waals surface area contributed by atoms with Crippen molar-refractivity contribution in [2.75, 3.05) is 6.61 Å². The molecule has 18 heavy (non-hydrogen) atoms. The molecule has 1 N–H and O–H groups in total. The van der Waals surface area contributed by atoms with Crippen molar-refractivity contribution in [3.63, 3.8) is 0 Å². The summed E-state index contributed by atoms with van der Waals surface area (Å²) in [6.45, 7) is 2.33. The molecule has 5 nitrogen and oxygen atoms in total. The van der Waals surface area contributed by atoms with Crippen molar-refractivity contribution >= 4 is 0 Å². The van der Waals surface area contributed by atoms with E-state index in [0.717, 1.165) is 5.75 Å². The van der Waals surface area contributed by atoms with Gasteiger partial charge in [-0.2, -0.15) is 4.98 Å². The first-order valence-corrected chi connectivity index (χ1v) is 5.98. The molecule has 96 valence electrons. The van der Waals surface area contributed by atoms with Crippen LogP contribution in [0, 0.1) is 0 Å². The predicted octanol–water partition coefficient (Wildman–Crippen LogP) is 2.13. The highest BCUT2D eigenvalue weighted by Crippen LogP contribution is 2.13. The highest BCUT2D eigenvalue weighted by Gasteiger charge is 2.13. The minimum Gasteiger partial charge on any atom is -0.493 e. The first-order chi connectivity index (χ1) is 8.79. The number of aliphatic hydroxyl groups excluding tert-OH is 1. The first kappa shape index (κ1) is 12.6. The van der Waals surface area contributed by atoms with E-state index < -0.39 is 6.10 Å². The Hall–Kier alpha value is -1.88. The summed E-state index contributed by atoms with van der Waals surface area (Å²) in [4.78, 5) is 4.10. The number of benzene rings is 1. The molecule has 0 saturated carbocycles. The smallest absolute Gasteiger partial charge is 0.230 e. The number of aliphatic hydroxyl groups is 1. The van der Waals surface area contributed by atoms with Gasteiger partial charge < -0.3 is 14.4 Å². The third-order valence-electron chi connectivity index (χ3n) is 2.50. The normalized spacial score (nSPS) is 12.3. The Labute approximate surface area is 105 Å². The SMILES string of the molecule is CCC(O)c1noc(CCOc2ccccc2)n1. The second kappa shape index (κ2) is 6.16. The highest BCUT2D eigenvalue weighted by molar-refractivity contribution is 5.20. The van der Waals surface area contributed by atoms with Crippen LogP contribution in [0.25, 0.3) is 0 Å². The van der Waals surface area contributed by atoms with E-state index in [9.17, 15) is 5.11 Å². The van der Waals surface area contributed by atoms with E-state index in [4.69, 9.17) is 9.26 Å². The molecule has 0 amide bonds. The summed E-state index contributed by atoms with van der Waals surface area (Å²) < 4.78 is 10.5. The van der Waals surface area contributed by atoms with Gasteiger partial charge in [-0.1, -0.05) is 30.3 Å². The van der Waals surface area contributed by atoms with Gasteiger partial charge in [0.25, 0.3) is 0 Å². The topological polar surface area (TPSA) is 68.4 Å². The van der Waals surface area contributed by atoms with Gasteiger partial charge in [0.1, 0.15) is 11.9 Å². The quantitative estimate of drug-likeness (QED) is 0.848. The lowest BCUT2D eigenvalue weighted by Gasteiger charge is -2.02. The molecule has 0 saturated heterocycles. The van der Waals surface area contributed by atoms with Gasteiger partial charge in [0.05, 0.1) is 13.0 Å². The van der Waals surface area contributed by atoms with Crippen LogP contribution in [0.1, 0.15) is 31.2 Å². The second-order valence-corrected chi connectivity index (χ2v) is 3.88. The molecule has 1 atom stereocenters. The number of aromatic nitrogens is 2. The van der Waals surface area contributed by atoms with Crippen LogP contribution in [0.2, 0.25) is 0 Å². The minimum absolute atomic E-state index is 0.340. The molecule has 2 rings (SSSR count). The van der Waals surface area contributed by atoms with Crippen molar-refractivity contribution in [2.24, 2.45) is 0 Å². The van der Waals surface area contributed by atoms with Gasteiger partial charge in [0.15, 0.2) is 5.82 Å². The van der Waals surface area contributed by atoms with E-state index >= 15 is 0 Å². The molecule has 0 bridgehead atoms. The summed E-state index contributed by atoms with van der Waals surface area (Å²) in [5.41, 5.74) is 0. The third-order valence-corrected chi connectivity index (χ3v) is 2.50. The fourth-order valence-corrected chi connectivity index (χ4v) is 1.46. The van der Waals surface area contributed by atoms with Gasteiger partial charge >= 0.3 is 0 Å². The summed E-state index contributed by atoms with van der Waals surface area (Å²) in [7, 11) is 0. The van der Waals surface area contributed by atoms with E-state index in [2.05, 4.69) is 10.1 Å². The van der Waals surface area contributed by atoms with Crippen LogP contribution in [0.4, 0.5) is 0 Å². The van der Waals surface area contributed by atoms with Crippen LogP contribution in [0.3, 0.4) is 0 Å². The average molecular weight is 248 g/mol. The van der Waals surface area contributed by atoms with Crippen LogP contribution in [0.15, 0.2) is 34.9 Å². The number of hydrogen-bond acceptors (Lipinski definition) is 5. The zero-order valence-corrected chi connectivity index (χ0v) is 10.2. The zero-order chi connectivity index (χ0) is 12.8. The maximum Gasteiger partial charge on any atom is 0.230 e. The van der Waals surface area contributed by atoms with Crippen LogP contribution < -0.4 is 4.74 Å². The molecular weight excluding hydrogens is 232 g/mol. The Kier molecular flexibility index (Phi) is 4.30. The lowest BCUT2D eigenvalue weighted by Crippen LogP contribution is -2.02. The number of ether oxygens (including phenoxy) is 1. The lowest BCUT2D eigenvalue weighted by atomic mass is 10.3. The van der Waals surface area contributed by atoms with Crippen LogP contribution in [-0.2, 0) is 6.42 Å². The lowest BCUT2D eigenvalue weighted by molar-refractivity contribution is 0.159. The highest BCUT2D eigenvalue weighted by atomic mass is 16.5. The number of hydrogen-bond donors (Lipinski definition) is 1. The molecule has 1 aromatic carbocycles. The molecule has 1 aromatic heterocycles. The fourth-order valence-electron chi connectivity index (χ4n) is 1.46. The standard InChI is InChI=1S/C13H16N2O3/c1-2-11(16)13-14-12(18-15-13)8-9-17-10-6-4-3-5-7-10/h3-7,11,16H,2,8-9H2,1H3. The number of rotatable bonds is 6. The molecule has 5 heteroatoms. The summed E-state index contributed by atoms with van der Waals surface area (Å²) in [5, 5.41) is 13.3. The first-order valence-electron chi connectivity index (χ1n) is 5.98. The number of nitrogens with zero attached hydrogens (tertiary/aromatic N) is 2. The van der Waals surface area contributed by atoms with Gasteiger partial charge in [-0.15, -0.1) is 0 Å². The minimum atomic E-state index is -0.655. The molecule has 0 fully saturated rings.